The van der Waals surface area contributed by atoms with Crippen LogP contribution in [0.1, 0.15) is 6.42 Å². The summed E-state index contributed by atoms with van der Waals surface area (Å²) in [6.07, 6.45) is 1.52. The molecule has 0 aliphatic carbocycles. The van der Waals surface area contributed by atoms with Crippen LogP contribution < -0.4 is 10.6 Å². The topological polar surface area (TPSA) is 79.5 Å². The summed E-state index contributed by atoms with van der Waals surface area (Å²) in [6.45, 7) is 0.355. The lowest BCUT2D eigenvalue weighted by Gasteiger charge is -2.18. The zero-order chi connectivity index (χ0) is 11.4. The average molecular weight is 230 g/mol. The molecule has 1 rings (SSSR count). The molecule has 3 N–H and O–H groups in total. The number of hydrogen-bond donors (Lipinski definition) is 2. The van der Waals surface area contributed by atoms with Crippen LogP contribution in [0.25, 0.3) is 0 Å². The van der Waals surface area contributed by atoms with E-state index in [-0.39, 0.29) is 6.42 Å². The summed E-state index contributed by atoms with van der Waals surface area (Å²) >= 11 is 5.69. The van der Waals surface area contributed by atoms with E-state index in [1.165, 1.54) is 6.20 Å². The molecule has 15 heavy (non-hydrogen) atoms. The molecule has 0 aliphatic heterocycles. The van der Waals surface area contributed by atoms with Crippen molar-refractivity contribution < 1.29 is 9.90 Å². The minimum absolute atomic E-state index is 0.0419. The number of anilines is 2. The molecule has 0 atom stereocenters. The number of carboxylic acids is 1. The quantitative estimate of drug-likeness (QED) is 0.812. The molecule has 5 nitrogen and oxygen atoms in total. The van der Waals surface area contributed by atoms with Gasteiger partial charge in [0.2, 0.25) is 0 Å². The molecule has 0 aliphatic rings. The number of nitrogen functional groups attached to an aromatic ring is 1. The first-order valence-electron chi connectivity index (χ1n) is 4.34. The van der Waals surface area contributed by atoms with Crippen LogP contribution in [0.4, 0.5) is 11.5 Å². The predicted molar refractivity (Wildman–Crippen MR) is 59.2 cm³/mol. The molecular formula is C9H12ClN3O2. The molecule has 0 amide bonds. The minimum Gasteiger partial charge on any atom is -0.481 e. The minimum atomic E-state index is -0.852. The van der Waals surface area contributed by atoms with Crippen molar-refractivity contribution in [1.29, 1.82) is 0 Å². The van der Waals surface area contributed by atoms with E-state index >= 15 is 0 Å². The van der Waals surface area contributed by atoms with Crippen molar-refractivity contribution >= 4 is 29.1 Å². The second-order valence-corrected chi connectivity index (χ2v) is 3.57. The molecule has 1 heterocycles. The monoisotopic (exact) mass is 229 g/mol. The first-order chi connectivity index (χ1) is 7.00. The third-order valence-electron chi connectivity index (χ3n) is 1.88. The van der Waals surface area contributed by atoms with Gasteiger partial charge in [-0.1, -0.05) is 11.6 Å². The van der Waals surface area contributed by atoms with Crippen molar-refractivity contribution in [2.24, 2.45) is 0 Å². The lowest BCUT2D eigenvalue weighted by molar-refractivity contribution is -0.136. The van der Waals surface area contributed by atoms with E-state index < -0.39 is 5.97 Å². The maximum absolute atomic E-state index is 10.4. The van der Waals surface area contributed by atoms with Crippen LogP contribution >= 0.6 is 11.6 Å². The summed E-state index contributed by atoms with van der Waals surface area (Å²) in [5, 5.41) is 8.98. The summed E-state index contributed by atoms with van der Waals surface area (Å²) in [7, 11) is 1.73. The van der Waals surface area contributed by atoms with Gasteiger partial charge in [-0.05, 0) is 6.07 Å². The van der Waals surface area contributed by atoms with Gasteiger partial charge >= 0.3 is 5.97 Å². The molecule has 82 valence electrons. The van der Waals surface area contributed by atoms with E-state index in [1.54, 1.807) is 18.0 Å². The number of nitrogens with two attached hydrogens (primary N) is 1. The first-order valence-corrected chi connectivity index (χ1v) is 4.72. The van der Waals surface area contributed by atoms with Crippen LogP contribution in [0.15, 0.2) is 12.3 Å². The van der Waals surface area contributed by atoms with Crippen LogP contribution in [-0.4, -0.2) is 29.7 Å². The van der Waals surface area contributed by atoms with E-state index in [0.29, 0.717) is 23.1 Å². The predicted octanol–water partition coefficient (Wildman–Crippen LogP) is 1.23. The van der Waals surface area contributed by atoms with E-state index in [4.69, 9.17) is 22.4 Å². The average Bonchev–Trinajstić information content (AvgIpc) is 2.14. The Kier molecular flexibility index (Phi) is 3.74. The van der Waals surface area contributed by atoms with Crippen LogP contribution in [0.2, 0.25) is 5.02 Å². The molecule has 0 aromatic carbocycles. The van der Waals surface area contributed by atoms with E-state index in [2.05, 4.69) is 4.98 Å². The molecule has 0 spiro atoms. The number of carboxylic acid groups (broad SMARTS) is 1. The Morgan fingerprint density at radius 2 is 2.40 bits per heavy atom. The van der Waals surface area contributed by atoms with Gasteiger partial charge in [0.1, 0.15) is 0 Å². The van der Waals surface area contributed by atoms with Crippen molar-refractivity contribution in [2.75, 3.05) is 24.2 Å². The van der Waals surface area contributed by atoms with Crippen LogP contribution in [0.5, 0.6) is 0 Å². The van der Waals surface area contributed by atoms with Gasteiger partial charge < -0.3 is 15.7 Å². The number of hydrogen-bond acceptors (Lipinski definition) is 4. The van der Waals surface area contributed by atoms with Crippen molar-refractivity contribution in [1.82, 2.24) is 4.98 Å². The molecule has 0 fully saturated rings. The highest BCUT2D eigenvalue weighted by Crippen LogP contribution is 2.22. The van der Waals surface area contributed by atoms with Crippen LogP contribution in [-0.2, 0) is 4.79 Å². The van der Waals surface area contributed by atoms with Crippen LogP contribution in [0.3, 0.4) is 0 Å². The van der Waals surface area contributed by atoms with E-state index in [0.717, 1.165) is 0 Å². The highest BCUT2D eigenvalue weighted by atomic mass is 35.5. The van der Waals surface area contributed by atoms with E-state index in [9.17, 15) is 4.79 Å². The van der Waals surface area contributed by atoms with Gasteiger partial charge in [-0.25, -0.2) is 4.98 Å². The maximum atomic E-state index is 10.4. The molecule has 1 aromatic rings. The standard InChI is InChI=1S/C9H12ClN3O2/c1-13(3-2-8(14)15)9-7(11)4-6(10)5-12-9/h4-5H,2-3,11H2,1H3,(H,14,15). The Hall–Kier alpha value is -1.49. The lowest BCUT2D eigenvalue weighted by atomic mass is 10.3. The Morgan fingerprint density at radius 1 is 1.73 bits per heavy atom. The molecule has 0 saturated carbocycles. The molecule has 0 radical (unpaired) electrons. The number of aromatic nitrogens is 1. The molecule has 0 bridgehead atoms. The largest absolute Gasteiger partial charge is 0.481 e. The fourth-order valence-corrected chi connectivity index (χ4v) is 1.30. The SMILES string of the molecule is CN(CCC(=O)O)c1ncc(Cl)cc1N. The fraction of sp³-hybridized carbons (Fsp3) is 0.333. The first kappa shape index (κ1) is 11.6. The Labute approximate surface area is 92.5 Å². The van der Waals surface area contributed by atoms with Crippen molar-refractivity contribution in [2.45, 2.75) is 6.42 Å². The highest BCUT2D eigenvalue weighted by molar-refractivity contribution is 6.30. The van der Waals surface area contributed by atoms with Crippen molar-refractivity contribution in [3.05, 3.63) is 17.3 Å². The smallest absolute Gasteiger partial charge is 0.305 e. The zero-order valence-corrected chi connectivity index (χ0v) is 9.03. The summed E-state index contributed by atoms with van der Waals surface area (Å²) in [5.41, 5.74) is 6.13. The normalized spacial score (nSPS) is 10.0. The highest BCUT2D eigenvalue weighted by Gasteiger charge is 2.08. The summed E-state index contributed by atoms with van der Waals surface area (Å²) in [5.74, 6) is -0.310. The maximum Gasteiger partial charge on any atom is 0.305 e. The molecule has 0 unspecified atom stereocenters. The Bertz CT molecular complexity index is 370. The van der Waals surface area contributed by atoms with Gasteiger partial charge in [0.25, 0.3) is 0 Å². The summed E-state index contributed by atoms with van der Waals surface area (Å²) < 4.78 is 0. The molecular weight excluding hydrogens is 218 g/mol. The van der Waals surface area contributed by atoms with Gasteiger partial charge in [0.05, 0.1) is 17.1 Å². The Morgan fingerprint density at radius 3 is 2.93 bits per heavy atom. The zero-order valence-electron chi connectivity index (χ0n) is 8.27. The Balaban J connectivity index is 2.73. The number of nitrogens with zero attached hydrogens (tertiary/aromatic N) is 2. The van der Waals surface area contributed by atoms with E-state index in [1.807, 2.05) is 0 Å². The third kappa shape index (κ3) is 3.28. The number of pyridine rings is 1. The van der Waals surface area contributed by atoms with Gasteiger partial charge in [0.15, 0.2) is 5.82 Å². The van der Waals surface area contributed by atoms with Crippen LogP contribution in [0, 0.1) is 0 Å². The number of halogens is 1. The lowest BCUT2D eigenvalue weighted by Crippen LogP contribution is -2.23. The van der Waals surface area contributed by atoms with Gasteiger partial charge in [0, 0.05) is 19.8 Å². The van der Waals surface area contributed by atoms with Crippen molar-refractivity contribution in [3.8, 4) is 0 Å². The molecule has 0 saturated heterocycles. The number of aliphatic carboxylic acids is 1. The third-order valence-corrected chi connectivity index (χ3v) is 2.09. The van der Waals surface area contributed by atoms with Crippen molar-refractivity contribution in [3.63, 3.8) is 0 Å². The summed E-state index contributed by atoms with van der Waals surface area (Å²) in [6, 6.07) is 1.58. The summed E-state index contributed by atoms with van der Waals surface area (Å²) in [4.78, 5) is 16.1. The molecule has 6 heteroatoms. The number of rotatable bonds is 4. The second-order valence-electron chi connectivity index (χ2n) is 3.13. The molecule has 1 aromatic heterocycles. The van der Waals surface area contributed by atoms with Gasteiger partial charge in [-0.15, -0.1) is 0 Å². The number of carbonyl (C=O) groups is 1. The van der Waals surface area contributed by atoms with Gasteiger partial charge in [-0.3, -0.25) is 4.79 Å². The second kappa shape index (κ2) is 4.84. The fourth-order valence-electron chi connectivity index (χ4n) is 1.14. The van der Waals surface area contributed by atoms with Gasteiger partial charge in [-0.2, -0.15) is 0 Å².